The largest absolute Gasteiger partial charge is 0.508 e. The molecule has 0 fully saturated rings. The Bertz CT molecular complexity index is 1250. The lowest BCUT2D eigenvalue weighted by molar-refractivity contribution is 0.414. The van der Waals surface area contributed by atoms with E-state index < -0.39 is 0 Å². The van der Waals surface area contributed by atoms with Crippen molar-refractivity contribution < 1.29 is 18.6 Å². The van der Waals surface area contributed by atoms with Crippen molar-refractivity contribution in [3.05, 3.63) is 83.2 Å². The first-order valence-electron chi connectivity index (χ1n) is 11.0. The number of phenols is 1. The minimum atomic E-state index is -0.367. The molecule has 0 aliphatic heterocycles. The summed E-state index contributed by atoms with van der Waals surface area (Å²) in [6.45, 7) is 3.14. The highest BCUT2D eigenvalue weighted by atomic mass is 19.1. The average Bonchev–Trinajstić information content (AvgIpc) is 3.08. The quantitative estimate of drug-likeness (QED) is 0.326. The molecular formula is C27H28F2N2O2. The highest BCUT2D eigenvalue weighted by Gasteiger charge is 2.21. The standard InChI is InChI=1S/C27H28F2N2O2/c1-18-15-22(33-2)8-9-23(18)27-26(29)24-16-21(32)7-10-25(24)31(27)17-20-5-3-19(4-6-20)11-13-30-14-12-28/h3-10,15-16,30,32H,11-14,17H2,1-2H3. The summed E-state index contributed by atoms with van der Waals surface area (Å²) in [7, 11) is 1.61. The van der Waals surface area contributed by atoms with Crippen LogP contribution in [-0.2, 0) is 13.0 Å². The number of phenolic OH excluding ortho intramolecular Hbond substituents is 1. The van der Waals surface area contributed by atoms with E-state index in [1.165, 1.54) is 6.07 Å². The van der Waals surface area contributed by atoms with Gasteiger partial charge in [0.25, 0.3) is 0 Å². The van der Waals surface area contributed by atoms with Crippen molar-refractivity contribution in [2.24, 2.45) is 0 Å². The molecule has 0 amide bonds. The Labute approximate surface area is 192 Å². The molecule has 6 heteroatoms. The van der Waals surface area contributed by atoms with Crippen LogP contribution in [0, 0.1) is 12.7 Å². The number of fused-ring (bicyclic) bond motifs is 1. The highest BCUT2D eigenvalue weighted by Crippen LogP contribution is 2.37. The van der Waals surface area contributed by atoms with Crippen LogP contribution < -0.4 is 10.1 Å². The second-order valence-electron chi connectivity index (χ2n) is 8.14. The van der Waals surface area contributed by atoms with Gasteiger partial charge in [0.2, 0.25) is 0 Å². The van der Waals surface area contributed by atoms with Gasteiger partial charge in [-0.15, -0.1) is 0 Å². The fraction of sp³-hybridized carbons (Fsp3) is 0.259. The second-order valence-corrected chi connectivity index (χ2v) is 8.14. The van der Waals surface area contributed by atoms with E-state index in [1.807, 2.05) is 41.8 Å². The molecule has 0 spiro atoms. The summed E-state index contributed by atoms with van der Waals surface area (Å²) in [6, 6.07) is 18.6. The van der Waals surface area contributed by atoms with Gasteiger partial charge in [-0.1, -0.05) is 24.3 Å². The molecule has 4 aromatic rings. The molecule has 0 bridgehead atoms. The number of rotatable bonds is 9. The lowest BCUT2D eigenvalue weighted by atomic mass is 10.0. The maximum atomic E-state index is 15.7. The number of aromatic nitrogens is 1. The van der Waals surface area contributed by atoms with Crippen molar-refractivity contribution in [1.29, 1.82) is 0 Å². The number of alkyl halides is 1. The van der Waals surface area contributed by atoms with E-state index in [4.69, 9.17) is 4.74 Å². The van der Waals surface area contributed by atoms with Gasteiger partial charge in [-0.25, -0.2) is 8.78 Å². The molecule has 0 radical (unpaired) electrons. The molecule has 0 aliphatic rings. The van der Waals surface area contributed by atoms with Crippen LogP contribution in [0.5, 0.6) is 11.5 Å². The second kappa shape index (κ2) is 10.0. The maximum Gasteiger partial charge on any atom is 0.156 e. The van der Waals surface area contributed by atoms with Crippen LogP contribution in [0.3, 0.4) is 0 Å². The Kier molecular flexibility index (Phi) is 6.94. The molecule has 0 aliphatic carbocycles. The van der Waals surface area contributed by atoms with Crippen LogP contribution in [0.1, 0.15) is 16.7 Å². The zero-order chi connectivity index (χ0) is 23.4. The van der Waals surface area contributed by atoms with Crippen LogP contribution in [0.25, 0.3) is 22.2 Å². The maximum absolute atomic E-state index is 15.7. The smallest absolute Gasteiger partial charge is 0.156 e. The summed E-state index contributed by atoms with van der Waals surface area (Å²) in [5, 5.41) is 13.4. The van der Waals surface area contributed by atoms with Gasteiger partial charge in [0.1, 0.15) is 18.2 Å². The van der Waals surface area contributed by atoms with E-state index in [1.54, 1.807) is 19.2 Å². The van der Waals surface area contributed by atoms with Gasteiger partial charge in [-0.3, -0.25) is 0 Å². The summed E-state index contributed by atoms with van der Waals surface area (Å²) in [4.78, 5) is 0. The molecule has 0 unspecified atom stereocenters. The zero-order valence-electron chi connectivity index (χ0n) is 18.9. The van der Waals surface area contributed by atoms with E-state index >= 15 is 4.39 Å². The van der Waals surface area contributed by atoms with Crippen molar-refractivity contribution in [2.75, 3.05) is 26.9 Å². The molecule has 3 aromatic carbocycles. The van der Waals surface area contributed by atoms with Crippen LogP contribution >= 0.6 is 0 Å². The fourth-order valence-corrected chi connectivity index (χ4v) is 4.18. The lowest BCUT2D eigenvalue weighted by Crippen LogP contribution is -2.19. The predicted octanol–water partition coefficient (Wildman–Crippen LogP) is 5.62. The van der Waals surface area contributed by atoms with Crippen LogP contribution in [-0.4, -0.2) is 36.5 Å². The molecule has 0 atom stereocenters. The predicted molar refractivity (Wildman–Crippen MR) is 128 cm³/mol. The van der Waals surface area contributed by atoms with Crippen molar-refractivity contribution in [1.82, 2.24) is 9.88 Å². The molecule has 33 heavy (non-hydrogen) atoms. The highest BCUT2D eigenvalue weighted by molar-refractivity contribution is 5.90. The number of benzene rings is 3. The number of aromatic hydroxyl groups is 1. The topological polar surface area (TPSA) is 46.4 Å². The normalized spacial score (nSPS) is 11.3. The minimum absolute atomic E-state index is 0.0299. The molecule has 4 rings (SSSR count). The molecule has 1 aromatic heterocycles. The van der Waals surface area contributed by atoms with Crippen LogP contribution in [0.2, 0.25) is 0 Å². The first kappa shape index (κ1) is 22.8. The molecule has 4 nitrogen and oxygen atoms in total. The van der Waals surface area contributed by atoms with Crippen molar-refractivity contribution in [3.63, 3.8) is 0 Å². The monoisotopic (exact) mass is 450 g/mol. The third-order valence-corrected chi connectivity index (χ3v) is 5.90. The average molecular weight is 451 g/mol. The molecule has 0 saturated carbocycles. The number of methoxy groups -OCH3 is 1. The van der Waals surface area contributed by atoms with Gasteiger partial charge in [-0.2, -0.15) is 0 Å². The zero-order valence-corrected chi connectivity index (χ0v) is 18.9. The fourth-order valence-electron chi connectivity index (χ4n) is 4.18. The van der Waals surface area contributed by atoms with Crippen molar-refractivity contribution in [3.8, 4) is 22.8 Å². The van der Waals surface area contributed by atoms with Crippen molar-refractivity contribution >= 4 is 10.9 Å². The number of nitrogens with zero attached hydrogens (tertiary/aromatic N) is 1. The van der Waals surface area contributed by atoms with Crippen molar-refractivity contribution in [2.45, 2.75) is 19.9 Å². The Morgan fingerprint density at radius 2 is 1.73 bits per heavy atom. The molecule has 1 heterocycles. The first-order valence-corrected chi connectivity index (χ1v) is 11.0. The first-order chi connectivity index (χ1) is 16.0. The minimum Gasteiger partial charge on any atom is -0.508 e. The number of aryl methyl sites for hydroxylation is 1. The van der Waals surface area contributed by atoms with Crippen LogP contribution in [0.4, 0.5) is 8.78 Å². The van der Waals surface area contributed by atoms with Gasteiger partial charge in [-0.05, 0) is 73.0 Å². The van der Waals surface area contributed by atoms with Gasteiger partial charge < -0.3 is 19.7 Å². The Morgan fingerprint density at radius 1 is 0.970 bits per heavy atom. The number of hydrogen-bond acceptors (Lipinski definition) is 3. The number of hydrogen-bond donors (Lipinski definition) is 2. The summed E-state index contributed by atoms with van der Waals surface area (Å²) in [5.74, 6) is 0.389. The van der Waals surface area contributed by atoms with E-state index in [-0.39, 0.29) is 18.2 Å². The Hall–Kier alpha value is -3.38. The van der Waals surface area contributed by atoms with E-state index in [9.17, 15) is 9.50 Å². The van der Waals surface area contributed by atoms with E-state index in [0.717, 1.165) is 40.7 Å². The summed E-state index contributed by atoms with van der Waals surface area (Å²) < 4.78 is 35.2. The SMILES string of the molecule is COc1ccc(-c2c(F)c3cc(O)ccc3n2Cc2ccc(CCNCCF)cc2)c(C)c1. The molecule has 2 N–H and O–H groups in total. The Balaban J connectivity index is 1.72. The van der Waals surface area contributed by atoms with Gasteiger partial charge in [0, 0.05) is 24.0 Å². The lowest BCUT2D eigenvalue weighted by Gasteiger charge is -2.14. The summed E-state index contributed by atoms with van der Waals surface area (Å²) in [6.07, 6.45) is 0.816. The van der Waals surface area contributed by atoms with Crippen LogP contribution in [0.15, 0.2) is 60.7 Å². The third kappa shape index (κ3) is 4.86. The summed E-state index contributed by atoms with van der Waals surface area (Å²) >= 11 is 0. The van der Waals surface area contributed by atoms with E-state index in [0.29, 0.717) is 29.9 Å². The number of ether oxygens (including phenoxy) is 1. The molecule has 172 valence electrons. The third-order valence-electron chi connectivity index (χ3n) is 5.90. The number of halogens is 2. The Morgan fingerprint density at radius 3 is 2.42 bits per heavy atom. The molecule has 0 saturated heterocycles. The van der Waals surface area contributed by atoms with E-state index in [2.05, 4.69) is 17.4 Å². The number of nitrogens with one attached hydrogen (secondary N) is 1. The van der Waals surface area contributed by atoms with Gasteiger partial charge >= 0.3 is 0 Å². The summed E-state index contributed by atoms with van der Waals surface area (Å²) in [5.41, 5.74) is 5.07. The van der Waals surface area contributed by atoms with Gasteiger partial charge in [0.15, 0.2) is 5.82 Å². The van der Waals surface area contributed by atoms with Gasteiger partial charge in [0.05, 0.1) is 18.3 Å². The molecular weight excluding hydrogens is 422 g/mol.